The zero-order chi connectivity index (χ0) is 16.2. The number of halogens is 2. The summed E-state index contributed by atoms with van der Waals surface area (Å²) in [5, 5.41) is 9.04. The van der Waals surface area contributed by atoms with Crippen LogP contribution in [0.2, 0.25) is 0 Å². The molecule has 3 aromatic rings. The molecule has 118 valence electrons. The van der Waals surface area contributed by atoms with Gasteiger partial charge in [-0.1, -0.05) is 48.2 Å². The van der Waals surface area contributed by atoms with Crippen LogP contribution in [0.3, 0.4) is 0 Å². The van der Waals surface area contributed by atoms with Gasteiger partial charge in [0, 0.05) is 23.4 Å². The molecule has 23 heavy (non-hydrogen) atoms. The highest BCUT2D eigenvalue weighted by molar-refractivity contribution is 7.98. The van der Waals surface area contributed by atoms with Crippen molar-refractivity contribution in [3.05, 3.63) is 65.7 Å². The van der Waals surface area contributed by atoms with Crippen molar-refractivity contribution in [2.45, 2.75) is 24.4 Å². The minimum absolute atomic E-state index is 0.0596. The molecule has 0 saturated carbocycles. The maximum Gasteiger partial charge on any atom is 0.191 e. The van der Waals surface area contributed by atoms with Crippen molar-refractivity contribution in [2.75, 3.05) is 0 Å². The quantitative estimate of drug-likeness (QED) is 0.643. The standard InChI is InChI=1S/C17H15F2N3S/c1-2-22-16(12-7-4-3-5-8-12)20-21-17(22)23-11-13-14(18)9-6-10-15(13)19/h3-10H,2,11H2,1H3. The van der Waals surface area contributed by atoms with E-state index in [1.807, 2.05) is 41.8 Å². The summed E-state index contributed by atoms with van der Waals surface area (Å²) in [4.78, 5) is 0. The van der Waals surface area contributed by atoms with Crippen LogP contribution in [-0.4, -0.2) is 14.8 Å². The number of thioether (sulfide) groups is 1. The number of aromatic nitrogens is 3. The van der Waals surface area contributed by atoms with Crippen molar-refractivity contribution < 1.29 is 8.78 Å². The molecule has 0 saturated heterocycles. The number of hydrogen-bond donors (Lipinski definition) is 0. The van der Waals surface area contributed by atoms with Crippen molar-refractivity contribution in [3.63, 3.8) is 0 Å². The molecule has 3 rings (SSSR count). The highest BCUT2D eigenvalue weighted by Gasteiger charge is 2.15. The molecule has 0 atom stereocenters. The Balaban J connectivity index is 1.86. The summed E-state index contributed by atoms with van der Waals surface area (Å²) < 4.78 is 29.4. The SMILES string of the molecule is CCn1c(SCc2c(F)cccc2F)nnc1-c1ccccc1. The molecule has 1 aromatic heterocycles. The number of rotatable bonds is 5. The summed E-state index contributed by atoms with van der Waals surface area (Å²) in [6, 6.07) is 13.6. The van der Waals surface area contributed by atoms with Crippen LogP contribution in [0.15, 0.2) is 53.7 Å². The summed E-state index contributed by atoms with van der Waals surface area (Å²) >= 11 is 1.28. The summed E-state index contributed by atoms with van der Waals surface area (Å²) in [6.45, 7) is 2.67. The van der Waals surface area contributed by atoms with Gasteiger partial charge in [0.1, 0.15) is 11.6 Å². The molecule has 0 bridgehead atoms. The molecule has 0 aliphatic heterocycles. The molecule has 1 heterocycles. The maximum absolute atomic E-state index is 13.7. The molecule has 0 radical (unpaired) electrons. The van der Waals surface area contributed by atoms with Crippen LogP contribution in [0.1, 0.15) is 12.5 Å². The lowest BCUT2D eigenvalue weighted by Gasteiger charge is -2.08. The predicted molar refractivity (Wildman–Crippen MR) is 87.1 cm³/mol. The van der Waals surface area contributed by atoms with Crippen molar-refractivity contribution in [3.8, 4) is 11.4 Å². The Labute approximate surface area is 137 Å². The Bertz CT molecular complexity index is 783. The first-order valence-corrected chi connectivity index (χ1v) is 8.23. The van der Waals surface area contributed by atoms with Gasteiger partial charge in [-0.25, -0.2) is 8.78 Å². The lowest BCUT2D eigenvalue weighted by Crippen LogP contribution is -2.00. The first-order valence-electron chi connectivity index (χ1n) is 7.25. The van der Waals surface area contributed by atoms with E-state index in [2.05, 4.69) is 10.2 Å². The highest BCUT2D eigenvalue weighted by atomic mass is 32.2. The molecule has 0 N–H and O–H groups in total. The second kappa shape index (κ2) is 6.91. The van der Waals surface area contributed by atoms with Gasteiger partial charge in [0.2, 0.25) is 0 Å². The fourth-order valence-corrected chi connectivity index (χ4v) is 3.31. The van der Waals surface area contributed by atoms with Crippen LogP contribution in [-0.2, 0) is 12.3 Å². The number of hydrogen-bond acceptors (Lipinski definition) is 3. The lowest BCUT2D eigenvalue weighted by atomic mass is 10.2. The van der Waals surface area contributed by atoms with E-state index in [1.54, 1.807) is 0 Å². The van der Waals surface area contributed by atoms with E-state index in [0.717, 1.165) is 11.4 Å². The molecule has 0 unspecified atom stereocenters. The molecule has 0 amide bonds. The van der Waals surface area contributed by atoms with Crippen molar-refractivity contribution in [2.24, 2.45) is 0 Å². The Kier molecular flexibility index (Phi) is 4.71. The highest BCUT2D eigenvalue weighted by Crippen LogP contribution is 2.27. The largest absolute Gasteiger partial charge is 0.302 e. The van der Waals surface area contributed by atoms with Gasteiger partial charge in [-0.15, -0.1) is 10.2 Å². The van der Waals surface area contributed by atoms with Gasteiger partial charge in [-0.05, 0) is 19.1 Å². The van der Waals surface area contributed by atoms with Crippen LogP contribution in [0, 0.1) is 11.6 Å². The summed E-state index contributed by atoms with van der Waals surface area (Å²) in [5.74, 6) is -0.151. The average Bonchev–Trinajstić information content (AvgIpc) is 2.98. The topological polar surface area (TPSA) is 30.7 Å². The average molecular weight is 331 g/mol. The number of benzene rings is 2. The van der Waals surface area contributed by atoms with Crippen LogP contribution >= 0.6 is 11.8 Å². The zero-order valence-corrected chi connectivity index (χ0v) is 13.4. The second-order valence-electron chi connectivity index (χ2n) is 4.91. The molecular formula is C17H15F2N3S. The third-order valence-electron chi connectivity index (χ3n) is 3.47. The van der Waals surface area contributed by atoms with E-state index in [-0.39, 0.29) is 11.3 Å². The fraction of sp³-hybridized carbons (Fsp3) is 0.176. The zero-order valence-electron chi connectivity index (χ0n) is 12.5. The monoisotopic (exact) mass is 331 g/mol. The second-order valence-corrected chi connectivity index (χ2v) is 5.85. The third kappa shape index (κ3) is 3.27. The van der Waals surface area contributed by atoms with Crippen LogP contribution in [0.4, 0.5) is 8.78 Å². The normalized spacial score (nSPS) is 10.9. The summed E-state index contributed by atoms with van der Waals surface area (Å²) in [6.07, 6.45) is 0. The van der Waals surface area contributed by atoms with Crippen LogP contribution in [0.5, 0.6) is 0 Å². The first kappa shape index (κ1) is 15.7. The Hall–Kier alpha value is -2.21. The molecule has 0 spiro atoms. The van der Waals surface area contributed by atoms with E-state index in [0.29, 0.717) is 11.7 Å². The number of nitrogens with zero attached hydrogens (tertiary/aromatic N) is 3. The Morgan fingerprint density at radius 3 is 2.30 bits per heavy atom. The minimum atomic E-state index is -0.539. The van der Waals surface area contributed by atoms with Gasteiger partial charge < -0.3 is 4.57 Å². The predicted octanol–water partition coefficient (Wildman–Crippen LogP) is 4.54. The van der Waals surface area contributed by atoms with E-state index in [1.165, 1.54) is 30.0 Å². The lowest BCUT2D eigenvalue weighted by molar-refractivity contribution is 0.566. The molecule has 2 aromatic carbocycles. The van der Waals surface area contributed by atoms with E-state index in [4.69, 9.17) is 0 Å². The molecule has 6 heteroatoms. The summed E-state index contributed by atoms with van der Waals surface area (Å²) in [7, 11) is 0. The van der Waals surface area contributed by atoms with Crippen molar-refractivity contribution in [1.29, 1.82) is 0 Å². The fourth-order valence-electron chi connectivity index (χ4n) is 2.29. The van der Waals surface area contributed by atoms with Gasteiger partial charge in [0.05, 0.1) is 0 Å². The van der Waals surface area contributed by atoms with Gasteiger partial charge in [-0.2, -0.15) is 0 Å². The van der Waals surface area contributed by atoms with Crippen molar-refractivity contribution in [1.82, 2.24) is 14.8 Å². The summed E-state index contributed by atoms with van der Waals surface area (Å²) in [5.41, 5.74) is 1.02. The maximum atomic E-state index is 13.7. The third-order valence-corrected chi connectivity index (χ3v) is 4.47. The first-order chi connectivity index (χ1) is 11.2. The molecular weight excluding hydrogens is 316 g/mol. The van der Waals surface area contributed by atoms with E-state index < -0.39 is 11.6 Å². The van der Waals surface area contributed by atoms with Gasteiger partial charge in [0.25, 0.3) is 0 Å². The Morgan fingerprint density at radius 1 is 0.957 bits per heavy atom. The smallest absolute Gasteiger partial charge is 0.191 e. The molecule has 3 nitrogen and oxygen atoms in total. The molecule has 0 aliphatic carbocycles. The van der Waals surface area contributed by atoms with E-state index >= 15 is 0 Å². The van der Waals surface area contributed by atoms with Crippen LogP contribution < -0.4 is 0 Å². The van der Waals surface area contributed by atoms with Crippen LogP contribution in [0.25, 0.3) is 11.4 Å². The van der Waals surface area contributed by atoms with E-state index in [9.17, 15) is 8.78 Å². The van der Waals surface area contributed by atoms with Gasteiger partial charge in [-0.3, -0.25) is 0 Å². The van der Waals surface area contributed by atoms with Gasteiger partial charge in [0.15, 0.2) is 11.0 Å². The minimum Gasteiger partial charge on any atom is -0.302 e. The van der Waals surface area contributed by atoms with Crippen molar-refractivity contribution >= 4 is 11.8 Å². The van der Waals surface area contributed by atoms with Gasteiger partial charge >= 0.3 is 0 Å². The Morgan fingerprint density at radius 2 is 1.65 bits per heavy atom. The molecule has 0 fully saturated rings. The molecule has 0 aliphatic rings.